The minimum atomic E-state index is -3.17. The fourth-order valence-corrected chi connectivity index (χ4v) is 3.92. The predicted molar refractivity (Wildman–Crippen MR) is 92.8 cm³/mol. The van der Waals surface area contributed by atoms with Crippen LogP contribution < -0.4 is 5.32 Å². The van der Waals surface area contributed by atoms with Gasteiger partial charge in [-0.1, -0.05) is 6.07 Å². The standard InChI is InChI=1S/C16H21N5O3S/c1-25(23,24)21-7-3-4-13(10-21)9-17-16(22)14-5-2-6-15(8-14)20-11-18-19-12-20/h2,5-6,8,11-13H,3-4,7,9-10H2,1H3,(H,17,22)/t13-/m1/s1. The molecule has 0 radical (unpaired) electrons. The molecule has 0 spiro atoms. The van der Waals surface area contributed by atoms with Gasteiger partial charge < -0.3 is 5.32 Å². The van der Waals surface area contributed by atoms with Gasteiger partial charge in [0.1, 0.15) is 12.7 Å². The van der Waals surface area contributed by atoms with Crippen molar-refractivity contribution in [2.24, 2.45) is 5.92 Å². The second-order valence-corrected chi connectivity index (χ2v) is 8.24. The number of hydrogen-bond acceptors (Lipinski definition) is 5. The summed E-state index contributed by atoms with van der Waals surface area (Å²) in [6.45, 7) is 1.48. The van der Waals surface area contributed by atoms with E-state index in [9.17, 15) is 13.2 Å². The number of benzene rings is 1. The van der Waals surface area contributed by atoms with Crippen LogP contribution >= 0.6 is 0 Å². The summed E-state index contributed by atoms with van der Waals surface area (Å²) in [5, 5.41) is 10.4. The molecule has 0 aliphatic carbocycles. The molecule has 1 fully saturated rings. The van der Waals surface area contributed by atoms with Gasteiger partial charge in [-0.25, -0.2) is 12.7 Å². The number of nitrogens with zero attached hydrogens (tertiary/aromatic N) is 4. The molecular weight excluding hydrogens is 342 g/mol. The summed E-state index contributed by atoms with van der Waals surface area (Å²) in [7, 11) is -3.17. The first kappa shape index (κ1) is 17.6. The molecule has 1 saturated heterocycles. The summed E-state index contributed by atoms with van der Waals surface area (Å²) >= 11 is 0. The Morgan fingerprint density at radius 3 is 2.80 bits per heavy atom. The van der Waals surface area contributed by atoms with Gasteiger partial charge in [0.2, 0.25) is 10.0 Å². The maximum Gasteiger partial charge on any atom is 0.251 e. The molecule has 0 bridgehead atoms. The Balaban J connectivity index is 1.60. The van der Waals surface area contributed by atoms with Gasteiger partial charge in [0.05, 0.1) is 6.26 Å². The summed E-state index contributed by atoms with van der Waals surface area (Å²) in [5.41, 5.74) is 1.35. The minimum absolute atomic E-state index is 0.133. The van der Waals surface area contributed by atoms with Crippen molar-refractivity contribution >= 4 is 15.9 Å². The average Bonchev–Trinajstić information content (AvgIpc) is 3.14. The highest BCUT2D eigenvalue weighted by Gasteiger charge is 2.26. The SMILES string of the molecule is CS(=O)(=O)N1CCC[C@H](CNC(=O)c2cccc(-n3cnnc3)c2)C1. The molecule has 2 aromatic rings. The summed E-state index contributed by atoms with van der Waals surface area (Å²) in [5.74, 6) is -0.0418. The second-order valence-electron chi connectivity index (χ2n) is 6.26. The van der Waals surface area contributed by atoms with Crippen LogP contribution in [0.3, 0.4) is 0 Å². The van der Waals surface area contributed by atoms with E-state index in [4.69, 9.17) is 0 Å². The van der Waals surface area contributed by atoms with Gasteiger partial charge in [0.15, 0.2) is 0 Å². The highest BCUT2D eigenvalue weighted by atomic mass is 32.2. The van der Waals surface area contributed by atoms with Crippen molar-refractivity contribution in [1.29, 1.82) is 0 Å². The normalized spacial score (nSPS) is 18.8. The maximum atomic E-state index is 12.4. The Bertz CT molecular complexity index is 835. The van der Waals surface area contributed by atoms with Gasteiger partial charge in [0.25, 0.3) is 5.91 Å². The zero-order valence-electron chi connectivity index (χ0n) is 14.0. The van der Waals surface area contributed by atoms with Gasteiger partial charge in [-0.2, -0.15) is 0 Å². The monoisotopic (exact) mass is 363 g/mol. The van der Waals surface area contributed by atoms with E-state index in [0.717, 1.165) is 18.5 Å². The summed E-state index contributed by atoms with van der Waals surface area (Å²) in [6.07, 6.45) is 6.09. The molecule has 0 saturated carbocycles. The van der Waals surface area contributed by atoms with Crippen LogP contribution in [0.1, 0.15) is 23.2 Å². The lowest BCUT2D eigenvalue weighted by atomic mass is 9.99. The Kier molecular flexibility index (Phi) is 5.14. The number of amides is 1. The van der Waals surface area contributed by atoms with Gasteiger partial charge in [-0.15, -0.1) is 10.2 Å². The number of aromatic nitrogens is 3. The van der Waals surface area contributed by atoms with Crippen LogP contribution in [0.15, 0.2) is 36.9 Å². The van der Waals surface area contributed by atoms with Crippen molar-refractivity contribution in [3.63, 3.8) is 0 Å². The molecule has 9 heteroatoms. The van der Waals surface area contributed by atoms with Gasteiger partial charge in [0, 0.05) is 30.9 Å². The fraction of sp³-hybridized carbons (Fsp3) is 0.438. The van der Waals surface area contributed by atoms with E-state index in [1.165, 1.54) is 10.6 Å². The molecule has 1 atom stereocenters. The van der Waals surface area contributed by atoms with Crippen LogP contribution in [-0.2, 0) is 10.0 Å². The summed E-state index contributed by atoms with van der Waals surface area (Å²) in [6, 6.07) is 7.18. The molecule has 1 aromatic carbocycles. The molecule has 1 N–H and O–H groups in total. The quantitative estimate of drug-likeness (QED) is 0.842. The number of carbonyl (C=O) groups excluding carboxylic acids is 1. The first-order valence-electron chi connectivity index (χ1n) is 8.12. The highest BCUT2D eigenvalue weighted by molar-refractivity contribution is 7.88. The molecule has 0 unspecified atom stereocenters. The van der Waals surface area contributed by atoms with E-state index in [0.29, 0.717) is 25.2 Å². The third-order valence-corrected chi connectivity index (χ3v) is 5.60. The van der Waals surface area contributed by atoms with Crippen LogP contribution in [0.5, 0.6) is 0 Å². The Labute approximate surface area is 146 Å². The van der Waals surface area contributed by atoms with Crippen molar-refractivity contribution < 1.29 is 13.2 Å². The van der Waals surface area contributed by atoms with Gasteiger partial charge >= 0.3 is 0 Å². The van der Waals surface area contributed by atoms with Gasteiger partial charge in [-0.3, -0.25) is 9.36 Å². The molecule has 8 nitrogen and oxygen atoms in total. The summed E-state index contributed by atoms with van der Waals surface area (Å²) in [4.78, 5) is 12.4. The smallest absolute Gasteiger partial charge is 0.251 e. The van der Waals surface area contributed by atoms with E-state index in [2.05, 4.69) is 15.5 Å². The lowest BCUT2D eigenvalue weighted by Gasteiger charge is -2.30. The number of carbonyl (C=O) groups is 1. The van der Waals surface area contributed by atoms with Crippen LogP contribution in [-0.4, -0.2) is 59.3 Å². The van der Waals surface area contributed by atoms with E-state index in [-0.39, 0.29) is 11.8 Å². The number of rotatable bonds is 5. The molecule has 1 amide bonds. The second kappa shape index (κ2) is 7.32. The van der Waals surface area contributed by atoms with Crippen molar-refractivity contribution in [3.8, 4) is 5.69 Å². The van der Waals surface area contributed by atoms with Gasteiger partial charge in [-0.05, 0) is 37.0 Å². The number of hydrogen-bond donors (Lipinski definition) is 1. The molecule has 2 heterocycles. The lowest BCUT2D eigenvalue weighted by molar-refractivity contribution is 0.0941. The average molecular weight is 363 g/mol. The molecule has 25 heavy (non-hydrogen) atoms. The molecule has 3 rings (SSSR count). The number of sulfonamides is 1. The fourth-order valence-electron chi connectivity index (χ4n) is 2.98. The number of nitrogens with one attached hydrogen (secondary N) is 1. The van der Waals surface area contributed by atoms with Crippen molar-refractivity contribution in [1.82, 2.24) is 24.4 Å². The third-order valence-electron chi connectivity index (χ3n) is 4.33. The van der Waals surface area contributed by atoms with E-state index in [1.54, 1.807) is 35.4 Å². The largest absolute Gasteiger partial charge is 0.352 e. The van der Waals surface area contributed by atoms with Crippen LogP contribution in [0.2, 0.25) is 0 Å². The van der Waals surface area contributed by atoms with Crippen LogP contribution in [0.4, 0.5) is 0 Å². The maximum absolute atomic E-state index is 12.4. The molecule has 1 aliphatic heterocycles. The summed E-state index contributed by atoms with van der Waals surface area (Å²) < 4.78 is 26.5. The van der Waals surface area contributed by atoms with Crippen molar-refractivity contribution in [3.05, 3.63) is 42.5 Å². The first-order valence-corrected chi connectivity index (χ1v) is 9.97. The van der Waals surface area contributed by atoms with Crippen LogP contribution in [0.25, 0.3) is 5.69 Å². The van der Waals surface area contributed by atoms with E-state index < -0.39 is 10.0 Å². The molecule has 1 aliphatic rings. The Morgan fingerprint density at radius 2 is 2.08 bits per heavy atom. The zero-order chi connectivity index (χ0) is 17.9. The number of piperidine rings is 1. The minimum Gasteiger partial charge on any atom is -0.352 e. The molecular formula is C16H21N5O3S. The lowest BCUT2D eigenvalue weighted by Crippen LogP contribution is -2.43. The zero-order valence-corrected chi connectivity index (χ0v) is 14.8. The van der Waals surface area contributed by atoms with Crippen LogP contribution in [0, 0.1) is 5.92 Å². The topological polar surface area (TPSA) is 97.2 Å². The van der Waals surface area contributed by atoms with E-state index >= 15 is 0 Å². The molecule has 134 valence electrons. The Hall–Kier alpha value is -2.26. The van der Waals surface area contributed by atoms with Crippen molar-refractivity contribution in [2.45, 2.75) is 12.8 Å². The molecule has 1 aromatic heterocycles. The first-order chi connectivity index (χ1) is 11.9. The highest BCUT2D eigenvalue weighted by Crippen LogP contribution is 2.18. The van der Waals surface area contributed by atoms with Crippen molar-refractivity contribution in [2.75, 3.05) is 25.9 Å². The van der Waals surface area contributed by atoms with E-state index in [1.807, 2.05) is 6.07 Å². The third kappa shape index (κ3) is 4.43. The Morgan fingerprint density at radius 1 is 1.32 bits per heavy atom. The predicted octanol–water partition coefficient (Wildman–Crippen LogP) is 0.669.